The van der Waals surface area contributed by atoms with Crippen molar-refractivity contribution in [2.75, 3.05) is 19.1 Å². The lowest BCUT2D eigenvalue weighted by Crippen LogP contribution is -2.30. The second-order valence-electron chi connectivity index (χ2n) is 7.18. The number of furan rings is 1. The fourth-order valence-electron chi connectivity index (χ4n) is 3.78. The molecule has 1 atom stereocenters. The van der Waals surface area contributed by atoms with E-state index >= 15 is 0 Å². The zero-order valence-electron chi connectivity index (χ0n) is 17.6. The Morgan fingerprint density at radius 1 is 1.09 bits per heavy atom. The number of nitrogens with zero attached hydrogens (tertiary/aromatic N) is 1. The van der Waals surface area contributed by atoms with E-state index in [0.717, 1.165) is 5.56 Å². The molecule has 4 rings (SSSR count). The van der Waals surface area contributed by atoms with Crippen molar-refractivity contribution in [1.82, 2.24) is 0 Å². The van der Waals surface area contributed by atoms with Crippen LogP contribution in [0.4, 0.5) is 5.69 Å². The van der Waals surface area contributed by atoms with Crippen LogP contribution in [0.5, 0.6) is 11.5 Å². The average molecular weight is 454 g/mol. The van der Waals surface area contributed by atoms with Gasteiger partial charge in [0, 0.05) is 10.7 Å². The summed E-state index contributed by atoms with van der Waals surface area (Å²) in [4.78, 5) is 27.7. The maximum absolute atomic E-state index is 13.2. The number of aryl methyl sites for hydroxylation is 1. The second kappa shape index (κ2) is 8.43. The smallest absolute Gasteiger partial charge is 0.300 e. The molecule has 0 radical (unpaired) electrons. The number of anilines is 1. The van der Waals surface area contributed by atoms with Crippen molar-refractivity contribution in [1.29, 1.82) is 0 Å². The minimum atomic E-state index is -1.00. The normalized spacial score (nSPS) is 17.6. The zero-order valence-corrected chi connectivity index (χ0v) is 18.3. The predicted molar refractivity (Wildman–Crippen MR) is 119 cm³/mol. The molecule has 164 valence electrons. The largest absolute Gasteiger partial charge is 0.507 e. The molecule has 8 heteroatoms. The number of aliphatic hydroxyl groups excluding tert-OH is 1. The monoisotopic (exact) mass is 453 g/mol. The van der Waals surface area contributed by atoms with Crippen LogP contribution in [0.3, 0.4) is 0 Å². The van der Waals surface area contributed by atoms with E-state index < -0.39 is 23.5 Å². The van der Waals surface area contributed by atoms with E-state index in [1.54, 1.807) is 49.4 Å². The number of carbonyl (C=O) groups is 2. The Morgan fingerprint density at radius 2 is 1.88 bits per heavy atom. The highest BCUT2D eigenvalue weighted by molar-refractivity contribution is 6.52. The van der Waals surface area contributed by atoms with E-state index in [1.165, 1.54) is 31.4 Å². The van der Waals surface area contributed by atoms with Gasteiger partial charge < -0.3 is 19.0 Å². The van der Waals surface area contributed by atoms with E-state index in [9.17, 15) is 14.7 Å². The molecule has 0 spiro atoms. The summed E-state index contributed by atoms with van der Waals surface area (Å²) in [6, 6.07) is 12.1. The Balaban J connectivity index is 1.99. The number of benzene rings is 2. The molecular formula is C24H20ClNO6. The van der Waals surface area contributed by atoms with Gasteiger partial charge in [-0.15, -0.1) is 0 Å². The number of hydrogen-bond acceptors (Lipinski definition) is 6. The summed E-state index contributed by atoms with van der Waals surface area (Å²) in [5.74, 6) is -0.989. The average Bonchev–Trinajstić information content (AvgIpc) is 3.41. The molecule has 0 bridgehead atoms. The van der Waals surface area contributed by atoms with Gasteiger partial charge in [0.1, 0.15) is 29.1 Å². The first-order valence-electron chi connectivity index (χ1n) is 9.70. The van der Waals surface area contributed by atoms with Gasteiger partial charge in [0.05, 0.1) is 31.6 Å². The number of ether oxygens (including phenoxy) is 2. The molecule has 2 aromatic carbocycles. The fourth-order valence-corrected chi connectivity index (χ4v) is 3.95. The predicted octanol–water partition coefficient (Wildman–Crippen LogP) is 4.88. The van der Waals surface area contributed by atoms with Gasteiger partial charge in [0.2, 0.25) is 0 Å². The molecule has 3 aromatic rings. The van der Waals surface area contributed by atoms with Crippen LogP contribution in [0.15, 0.2) is 64.8 Å². The third-order valence-electron chi connectivity index (χ3n) is 5.35. The van der Waals surface area contributed by atoms with E-state index in [-0.39, 0.29) is 11.1 Å². The van der Waals surface area contributed by atoms with E-state index in [4.69, 9.17) is 25.5 Å². The van der Waals surface area contributed by atoms with Gasteiger partial charge >= 0.3 is 0 Å². The van der Waals surface area contributed by atoms with Gasteiger partial charge in [-0.1, -0.05) is 17.7 Å². The van der Waals surface area contributed by atoms with Crippen LogP contribution in [0.2, 0.25) is 5.02 Å². The van der Waals surface area contributed by atoms with Crippen molar-refractivity contribution >= 4 is 34.7 Å². The molecule has 1 aliphatic rings. The number of rotatable bonds is 5. The summed E-state index contributed by atoms with van der Waals surface area (Å²) in [6.45, 7) is 1.80. The summed E-state index contributed by atoms with van der Waals surface area (Å²) in [7, 11) is 2.92. The molecule has 2 heterocycles. The van der Waals surface area contributed by atoms with Crippen molar-refractivity contribution in [3.63, 3.8) is 0 Å². The van der Waals surface area contributed by atoms with Crippen molar-refractivity contribution < 1.29 is 28.6 Å². The van der Waals surface area contributed by atoms with Crippen LogP contribution >= 0.6 is 11.6 Å². The number of hydrogen-bond donors (Lipinski definition) is 1. The second-order valence-corrected chi connectivity index (χ2v) is 7.62. The van der Waals surface area contributed by atoms with Crippen LogP contribution in [-0.4, -0.2) is 31.0 Å². The third kappa shape index (κ3) is 3.50. The highest BCUT2D eigenvalue weighted by Gasteiger charge is 2.49. The topological polar surface area (TPSA) is 89.2 Å². The molecule has 1 unspecified atom stereocenters. The number of amides is 1. The highest BCUT2D eigenvalue weighted by atomic mass is 35.5. The van der Waals surface area contributed by atoms with Crippen LogP contribution in [-0.2, 0) is 9.59 Å². The lowest BCUT2D eigenvalue weighted by Gasteiger charge is -2.25. The molecule has 1 saturated heterocycles. The first kappa shape index (κ1) is 21.5. The van der Waals surface area contributed by atoms with Crippen molar-refractivity contribution in [3.8, 4) is 11.5 Å². The number of ketones is 1. The summed E-state index contributed by atoms with van der Waals surface area (Å²) in [5, 5.41) is 11.7. The molecule has 1 aromatic heterocycles. The van der Waals surface area contributed by atoms with Gasteiger partial charge in [0.15, 0.2) is 0 Å². The number of aliphatic hydroxyl groups is 1. The molecular weight excluding hydrogens is 434 g/mol. The first-order valence-corrected chi connectivity index (χ1v) is 10.1. The van der Waals surface area contributed by atoms with Crippen molar-refractivity contribution in [2.24, 2.45) is 0 Å². The van der Waals surface area contributed by atoms with Crippen LogP contribution in [0.25, 0.3) is 5.76 Å². The Morgan fingerprint density at radius 3 is 2.53 bits per heavy atom. The molecule has 7 nitrogen and oxygen atoms in total. The van der Waals surface area contributed by atoms with Crippen LogP contribution < -0.4 is 14.4 Å². The first-order chi connectivity index (χ1) is 15.4. The number of carbonyl (C=O) groups excluding carboxylic acids is 2. The summed E-state index contributed by atoms with van der Waals surface area (Å²) in [5.41, 5.74) is 1.25. The third-order valence-corrected chi connectivity index (χ3v) is 5.58. The lowest BCUT2D eigenvalue weighted by molar-refractivity contribution is -0.132. The Labute approximate surface area is 189 Å². The van der Waals surface area contributed by atoms with Crippen LogP contribution in [0.1, 0.15) is 22.9 Å². The van der Waals surface area contributed by atoms with Crippen molar-refractivity contribution in [3.05, 3.63) is 82.3 Å². The van der Waals surface area contributed by atoms with E-state index in [2.05, 4.69) is 0 Å². The van der Waals surface area contributed by atoms with Gasteiger partial charge in [-0.2, -0.15) is 0 Å². The Bertz CT molecular complexity index is 1230. The minimum Gasteiger partial charge on any atom is -0.507 e. The number of methoxy groups -OCH3 is 2. The lowest BCUT2D eigenvalue weighted by atomic mass is 9.98. The van der Waals surface area contributed by atoms with E-state index in [1.807, 2.05) is 0 Å². The summed E-state index contributed by atoms with van der Waals surface area (Å²) < 4.78 is 16.2. The van der Waals surface area contributed by atoms with Gasteiger partial charge in [-0.25, -0.2) is 0 Å². The molecule has 32 heavy (non-hydrogen) atoms. The standard InChI is InChI=1S/C24H20ClNO6/c1-13-6-7-14(25)11-17(13)26-21(19-5-4-10-32-19)20(23(28)24(26)29)22(27)16-12-15(30-2)8-9-18(16)31-3/h4-12,21,27H,1-3H3/b22-20-. The SMILES string of the molecule is COc1ccc(OC)c(/C(O)=C2/C(=O)C(=O)N(c3cc(Cl)ccc3C)C2c2ccco2)c1. The van der Waals surface area contributed by atoms with Gasteiger partial charge in [-0.05, 0) is 55.0 Å². The maximum atomic E-state index is 13.2. The van der Waals surface area contributed by atoms with E-state index in [0.29, 0.717) is 28.0 Å². The zero-order chi connectivity index (χ0) is 23.0. The molecule has 1 aliphatic heterocycles. The maximum Gasteiger partial charge on any atom is 0.300 e. The Kier molecular flexibility index (Phi) is 5.67. The number of Topliss-reactive ketones (excluding diaryl/α,β-unsaturated/α-hetero) is 1. The number of halogens is 1. The highest BCUT2D eigenvalue weighted by Crippen LogP contribution is 2.45. The quantitative estimate of drug-likeness (QED) is 0.336. The Hall–Kier alpha value is -3.71. The van der Waals surface area contributed by atoms with Crippen molar-refractivity contribution in [2.45, 2.75) is 13.0 Å². The van der Waals surface area contributed by atoms with Gasteiger partial charge in [0.25, 0.3) is 11.7 Å². The van der Waals surface area contributed by atoms with Gasteiger partial charge in [-0.3, -0.25) is 14.5 Å². The summed E-state index contributed by atoms with van der Waals surface area (Å²) >= 11 is 6.18. The molecule has 0 aliphatic carbocycles. The molecule has 1 fully saturated rings. The molecule has 0 saturated carbocycles. The summed E-state index contributed by atoms with van der Waals surface area (Å²) in [6.07, 6.45) is 1.44. The molecule has 1 amide bonds. The van der Waals surface area contributed by atoms with Crippen LogP contribution in [0, 0.1) is 6.92 Å². The fraction of sp³-hybridized carbons (Fsp3) is 0.167. The minimum absolute atomic E-state index is 0.129. The molecule has 1 N–H and O–H groups in total.